The third kappa shape index (κ3) is 3.78. The van der Waals surface area contributed by atoms with E-state index in [9.17, 15) is 4.79 Å². The molecule has 7 heteroatoms. The number of hydrogen-bond acceptors (Lipinski definition) is 5. The third-order valence-corrected chi connectivity index (χ3v) is 4.98. The highest BCUT2D eigenvalue weighted by Crippen LogP contribution is 2.21. The second-order valence-corrected chi connectivity index (χ2v) is 6.96. The zero-order valence-electron chi connectivity index (χ0n) is 15.6. The number of benzene rings is 1. The predicted octanol–water partition coefficient (Wildman–Crippen LogP) is 2.76. The highest BCUT2D eigenvalue weighted by molar-refractivity contribution is 6.04. The van der Waals surface area contributed by atoms with Gasteiger partial charge < -0.3 is 15.0 Å². The number of aryl methyl sites for hydroxylation is 1. The average Bonchev–Trinajstić information content (AvgIpc) is 3.15. The summed E-state index contributed by atoms with van der Waals surface area (Å²) >= 11 is 0. The highest BCUT2D eigenvalue weighted by Gasteiger charge is 2.18. The quantitative estimate of drug-likeness (QED) is 0.770. The van der Waals surface area contributed by atoms with Crippen molar-refractivity contribution in [3.05, 3.63) is 54.0 Å². The second-order valence-electron chi connectivity index (χ2n) is 6.96. The van der Waals surface area contributed by atoms with E-state index in [1.54, 1.807) is 23.0 Å². The van der Waals surface area contributed by atoms with Gasteiger partial charge in [-0.1, -0.05) is 0 Å². The van der Waals surface area contributed by atoms with E-state index in [0.29, 0.717) is 5.56 Å². The number of anilines is 1. The van der Waals surface area contributed by atoms with E-state index >= 15 is 0 Å². The number of ether oxygens (including phenoxy) is 1. The fourth-order valence-corrected chi connectivity index (χ4v) is 3.32. The normalized spacial score (nSPS) is 15.8. The van der Waals surface area contributed by atoms with Crippen LogP contribution >= 0.6 is 0 Å². The number of nitrogens with zero attached hydrogens (tertiary/aromatic N) is 4. The molecule has 1 N–H and O–H groups in total. The first kappa shape index (κ1) is 17.5. The summed E-state index contributed by atoms with van der Waals surface area (Å²) in [6, 6.07) is 9.32. The number of amides is 1. The Kier molecular flexibility index (Phi) is 4.77. The largest absolute Gasteiger partial charge is 0.490 e. The van der Waals surface area contributed by atoms with Crippen LogP contribution in [-0.4, -0.2) is 51.6 Å². The van der Waals surface area contributed by atoms with Crippen LogP contribution in [0, 0.1) is 6.92 Å². The summed E-state index contributed by atoms with van der Waals surface area (Å²) in [5, 5.41) is 7.10. The maximum atomic E-state index is 12.6. The molecule has 0 unspecified atom stereocenters. The number of rotatable bonds is 4. The Labute approximate surface area is 158 Å². The molecule has 0 aliphatic carbocycles. The van der Waals surface area contributed by atoms with Gasteiger partial charge in [-0.15, -0.1) is 0 Å². The first-order chi connectivity index (χ1) is 13.1. The maximum absolute atomic E-state index is 12.6. The number of nitrogens with one attached hydrogen (secondary N) is 1. The number of likely N-dealkylation sites (tertiary alicyclic amines) is 1. The topological polar surface area (TPSA) is 71.8 Å². The Balaban J connectivity index is 1.41. The lowest BCUT2D eigenvalue weighted by Crippen LogP contribution is -2.35. The Bertz CT molecular complexity index is 943. The van der Waals surface area contributed by atoms with Gasteiger partial charge in [-0.2, -0.15) is 5.10 Å². The Morgan fingerprint density at radius 2 is 1.93 bits per heavy atom. The fourth-order valence-electron chi connectivity index (χ4n) is 3.32. The molecule has 140 valence electrons. The van der Waals surface area contributed by atoms with Crippen LogP contribution < -0.4 is 10.1 Å². The van der Waals surface area contributed by atoms with Gasteiger partial charge in [0.15, 0.2) is 5.65 Å². The molecule has 0 atom stereocenters. The van der Waals surface area contributed by atoms with Crippen LogP contribution in [0.3, 0.4) is 0 Å². The van der Waals surface area contributed by atoms with E-state index in [-0.39, 0.29) is 12.0 Å². The van der Waals surface area contributed by atoms with Gasteiger partial charge in [-0.3, -0.25) is 4.79 Å². The van der Waals surface area contributed by atoms with Crippen LogP contribution in [0.15, 0.2) is 42.7 Å². The summed E-state index contributed by atoms with van der Waals surface area (Å²) in [7, 11) is 2.13. The summed E-state index contributed by atoms with van der Waals surface area (Å²) in [5.41, 5.74) is 2.69. The molecular formula is C20H23N5O2. The van der Waals surface area contributed by atoms with Crippen molar-refractivity contribution in [2.24, 2.45) is 0 Å². The number of piperidine rings is 1. The Morgan fingerprint density at radius 3 is 2.67 bits per heavy atom. The molecule has 7 nitrogen and oxygen atoms in total. The number of carbonyl (C=O) groups is 1. The van der Waals surface area contributed by atoms with Crippen molar-refractivity contribution >= 4 is 17.2 Å². The van der Waals surface area contributed by atoms with Crippen molar-refractivity contribution in [3.8, 4) is 5.75 Å². The van der Waals surface area contributed by atoms with Crippen molar-refractivity contribution in [2.45, 2.75) is 25.9 Å². The molecule has 3 aromatic rings. The van der Waals surface area contributed by atoms with Gasteiger partial charge in [0.2, 0.25) is 0 Å². The molecule has 1 aliphatic rings. The van der Waals surface area contributed by atoms with Gasteiger partial charge in [0.05, 0.1) is 17.5 Å². The first-order valence-electron chi connectivity index (χ1n) is 9.16. The van der Waals surface area contributed by atoms with Gasteiger partial charge in [-0.05, 0) is 51.1 Å². The van der Waals surface area contributed by atoms with E-state index in [1.165, 1.54) is 0 Å². The summed E-state index contributed by atoms with van der Waals surface area (Å²) in [6.07, 6.45) is 5.59. The monoisotopic (exact) mass is 365 g/mol. The van der Waals surface area contributed by atoms with Gasteiger partial charge >= 0.3 is 0 Å². The van der Waals surface area contributed by atoms with Crippen molar-refractivity contribution in [2.75, 3.05) is 25.5 Å². The summed E-state index contributed by atoms with van der Waals surface area (Å²) < 4.78 is 7.71. The second kappa shape index (κ2) is 7.36. The zero-order chi connectivity index (χ0) is 18.8. The molecule has 0 radical (unpaired) electrons. The van der Waals surface area contributed by atoms with E-state index < -0.39 is 0 Å². The average molecular weight is 365 g/mol. The maximum Gasteiger partial charge on any atom is 0.259 e. The molecule has 1 fully saturated rings. The Morgan fingerprint density at radius 1 is 1.19 bits per heavy atom. The summed E-state index contributed by atoms with van der Waals surface area (Å²) in [5.74, 6) is 0.625. The lowest BCUT2D eigenvalue weighted by molar-refractivity contribution is 0.102. The summed E-state index contributed by atoms with van der Waals surface area (Å²) in [6.45, 7) is 3.98. The molecule has 1 aliphatic heterocycles. The van der Waals surface area contributed by atoms with Crippen LogP contribution in [0.2, 0.25) is 0 Å². The molecule has 0 spiro atoms. The highest BCUT2D eigenvalue weighted by atomic mass is 16.5. The van der Waals surface area contributed by atoms with Crippen LogP contribution in [-0.2, 0) is 0 Å². The number of fused-ring (bicyclic) bond motifs is 1. The van der Waals surface area contributed by atoms with Crippen molar-refractivity contribution in [1.29, 1.82) is 0 Å². The molecule has 27 heavy (non-hydrogen) atoms. The first-order valence-corrected chi connectivity index (χ1v) is 9.16. The van der Waals surface area contributed by atoms with Crippen molar-refractivity contribution in [3.63, 3.8) is 0 Å². The van der Waals surface area contributed by atoms with Crippen LogP contribution in [0.4, 0.5) is 5.69 Å². The molecule has 1 aromatic carbocycles. The van der Waals surface area contributed by atoms with Crippen LogP contribution in [0.5, 0.6) is 5.75 Å². The van der Waals surface area contributed by atoms with Crippen LogP contribution in [0.1, 0.15) is 28.9 Å². The van der Waals surface area contributed by atoms with E-state index in [4.69, 9.17) is 4.74 Å². The van der Waals surface area contributed by atoms with Crippen molar-refractivity contribution in [1.82, 2.24) is 19.5 Å². The number of hydrogen-bond donors (Lipinski definition) is 1. The number of carbonyl (C=O) groups excluding carboxylic acids is 1. The van der Waals surface area contributed by atoms with Crippen LogP contribution in [0.25, 0.3) is 5.65 Å². The smallest absolute Gasteiger partial charge is 0.259 e. The molecule has 2 aromatic heterocycles. The van der Waals surface area contributed by atoms with E-state index in [0.717, 1.165) is 48.7 Å². The van der Waals surface area contributed by atoms with Crippen molar-refractivity contribution < 1.29 is 9.53 Å². The predicted molar refractivity (Wildman–Crippen MR) is 103 cm³/mol. The lowest BCUT2D eigenvalue weighted by atomic mass is 10.1. The Hall–Kier alpha value is -2.93. The molecule has 0 bridgehead atoms. The van der Waals surface area contributed by atoms with Gasteiger partial charge in [0.1, 0.15) is 11.9 Å². The van der Waals surface area contributed by atoms with E-state index in [2.05, 4.69) is 27.3 Å². The molecule has 3 heterocycles. The van der Waals surface area contributed by atoms with Gasteiger partial charge in [0, 0.05) is 31.0 Å². The lowest BCUT2D eigenvalue weighted by Gasteiger charge is -2.29. The zero-order valence-corrected chi connectivity index (χ0v) is 15.6. The molecular weight excluding hydrogens is 342 g/mol. The molecule has 0 saturated carbocycles. The standard InChI is InChI=1S/C20H23N5O2/c1-14-18(13-21-19-7-10-22-25(14)19)20(26)23-15-3-5-16(6-4-15)27-17-8-11-24(2)12-9-17/h3-7,10,13,17H,8-9,11-12H2,1-2H3,(H,23,26). The minimum absolute atomic E-state index is 0.207. The fraction of sp³-hybridized carbons (Fsp3) is 0.350. The van der Waals surface area contributed by atoms with E-state index in [1.807, 2.05) is 31.2 Å². The molecule has 1 saturated heterocycles. The molecule has 1 amide bonds. The number of aromatic nitrogens is 3. The summed E-state index contributed by atoms with van der Waals surface area (Å²) in [4.78, 5) is 19.2. The van der Waals surface area contributed by atoms with Gasteiger partial charge in [-0.25, -0.2) is 9.50 Å². The minimum Gasteiger partial charge on any atom is -0.490 e. The third-order valence-electron chi connectivity index (χ3n) is 4.98. The molecule has 4 rings (SSSR count). The minimum atomic E-state index is -0.207. The SMILES string of the molecule is Cc1c(C(=O)Nc2ccc(OC3CCN(C)CC3)cc2)cnc2ccnn12. The van der Waals surface area contributed by atoms with Gasteiger partial charge in [0.25, 0.3) is 5.91 Å².